The van der Waals surface area contributed by atoms with Crippen molar-refractivity contribution in [1.82, 2.24) is 0 Å². The third kappa shape index (κ3) is 2.49. The Balaban J connectivity index is 2.89. The van der Waals surface area contributed by atoms with Crippen molar-refractivity contribution >= 4 is 5.97 Å². The van der Waals surface area contributed by atoms with Crippen LogP contribution in [0.2, 0.25) is 0 Å². The first-order valence-corrected chi connectivity index (χ1v) is 4.62. The summed E-state index contributed by atoms with van der Waals surface area (Å²) in [7, 11) is 0. The molecule has 0 fully saturated rings. The van der Waals surface area contributed by atoms with Gasteiger partial charge in [-0.15, -0.1) is 0 Å². The summed E-state index contributed by atoms with van der Waals surface area (Å²) in [4.78, 5) is 10.8. The lowest BCUT2D eigenvalue weighted by Crippen LogP contribution is -2.01. The average molecular weight is 194 g/mol. The average Bonchev–Trinajstić information content (AvgIpc) is 2.16. The Labute approximate surface area is 83.3 Å². The molecule has 3 nitrogen and oxygen atoms in total. The Bertz CT molecular complexity index is 331. The number of hydrogen-bond acceptors (Lipinski definition) is 2. The van der Waals surface area contributed by atoms with Crippen molar-refractivity contribution in [1.29, 1.82) is 0 Å². The maximum absolute atomic E-state index is 10.8. The lowest BCUT2D eigenvalue weighted by molar-refractivity contribution is 0.0695. The summed E-state index contributed by atoms with van der Waals surface area (Å²) in [6.07, 6.45) is 0.913. The molecular formula is C11H14O3. The second kappa shape index (κ2) is 4.65. The highest BCUT2D eigenvalue weighted by atomic mass is 16.5. The summed E-state index contributed by atoms with van der Waals surface area (Å²) in [6.45, 7) is 4.39. The van der Waals surface area contributed by atoms with Gasteiger partial charge in [0, 0.05) is 0 Å². The monoisotopic (exact) mass is 194 g/mol. The molecule has 0 unspecified atom stereocenters. The molecule has 0 amide bonds. The largest absolute Gasteiger partial charge is 0.494 e. The van der Waals surface area contributed by atoms with Crippen LogP contribution in [0.5, 0.6) is 5.75 Å². The van der Waals surface area contributed by atoms with E-state index in [1.807, 2.05) is 6.92 Å². The second-order valence-electron chi connectivity index (χ2n) is 3.13. The number of ether oxygens (including phenoxy) is 1. The molecule has 1 rings (SSSR count). The number of aryl methyl sites for hydroxylation is 1. The van der Waals surface area contributed by atoms with E-state index in [1.54, 1.807) is 25.1 Å². The quantitative estimate of drug-likeness (QED) is 0.800. The van der Waals surface area contributed by atoms with Crippen LogP contribution in [-0.2, 0) is 0 Å². The van der Waals surface area contributed by atoms with Crippen molar-refractivity contribution in [2.24, 2.45) is 0 Å². The molecule has 0 heterocycles. The van der Waals surface area contributed by atoms with Crippen LogP contribution in [0, 0.1) is 6.92 Å². The van der Waals surface area contributed by atoms with Crippen LogP contribution >= 0.6 is 0 Å². The van der Waals surface area contributed by atoms with E-state index in [4.69, 9.17) is 9.84 Å². The molecule has 3 heteroatoms. The summed E-state index contributed by atoms with van der Waals surface area (Å²) in [5.74, 6) is -0.292. The molecule has 14 heavy (non-hydrogen) atoms. The molecule has 0 aliphatic heterocycles. The van der Waals surface area contributed by atoms with Gasteiger partial charge < -0.3 is 9.84 Å². The van der Waals surface area contributed by atoms with Crippen molar-refractivity contribution in [2.75, 3.05) is 6.61 Å². The normalized spacial score (nSPS) is 9.86. The van der Waals surface area contributed by atoms with Crippen LogP contribution in [0.4, 0.5) is 0 Å². The van der Waals surface area contributed by atoms with Crippen molar-refractivity contribution in [2.45, 2.75) is 20.3 Å². The zero-order valence-electron chi connectivity index (χ0n) is 8.41. The summed E-state index contributed by atoms with van der Waals surface area (Å²) in [5, 5.41) is 8.86. The summed E-state index contributed by atoms with van der Waals surface area (Å²) < 4.78 is 5.34. The van der Waals surface area contributed by atoms with Gasteiger partial charge in [0.25, 0.3) is 0 Å². The molecule has 0 aliphatic carbocycles. The number of aromatic carboxylic acids is 1. The Hall–Kier alpha value is -1.51. The molecule has 0 radical (unpaired) electrons. The number of carboxylic acids is 1. The van der Waals surface area contributed by atoms with Gasteiger partial charge in [-0.25, -0.2) is 4.79 Å². The third-order valence-electron chi connectivity index (χ3n) is 1.91. The smallest absolute Gasteiger partial charge is 0.336 e. The molecule has 0 spiro atoms. The molecule has 76 valence electrons. The Morgan fingerprint density at radius 1 is 1.50 bits per heavy atom. The molecule has 0 saturated heterocycles. The van der Waals surface area contributed by atoms with Crippen LogP contribution in [0.15, 0.2) is 18.2 Å². The Kier molecular flexibility index (Phi) is 3.51. The SMILES string of the molecule is CCCOc1ccc(C)c(C(=O)O)c1. The highest BCUT2D eigenvalue weighted by Crippen LogP contribution is 2.17. The van der Waals surface area contributed by atoms with E-state index < -0.39 is 5.97 Å². The summed E-state index contributed by atoms with van der Waals surface area (Å²) in [6, 6.07) is 5.11. The maximum atomic E-state index is 10.8. The molecule has 0 aliphatic rings. The summed E-state index contributed by atoms with van der Waals surface area (Å²) >= 11 is 0. The fourth-order valence-electron chi connectivity index (χ4n) is 1.14. The van der Waals surface area contributed by atoms with Crippen molar-refractivity contribution < 1.29 is 14.6 Å². The van der Waals surface area contributed by atoms with Gasteiger partial charge in [-0.3, -0.25) is 0 Å². The number of rotatable bonds is 4. The minimum atomic E-state index is -0.913. The zero-order valence-corrected chi connectivity index (χ0v) is 8.41. The third-order valence-corrected chi connectivity index (χ3v) is 1.91. The first-order valence-electron chi connectivity index (χ1n) is 4.62. The molecule has 0 saturated carbocycles. The number of hydrogen-bond donors (Lipinski definition) is 1. The van der Waals surface area contributed by atoms with Gasteiger partial charge in [-0.05, 0) is 31.0 Å². The van der Waals surface area contributed by atoms with Gasteiger partial charge >= 0.3 is 5.97 Å². The van der Waals surface area contributed by atoms with Gasteiger partial charge in [0.05, 0.1) is 12.2 Å². The minimum absolute atomic E-state index is 0.304. The van der Waals surface area contributed by atoms with E-state index in [0.29, 0.717) is 17.9 Å². The molecule has 0 aromatic heterocycles. The molecule has 1 aromatic carbocycles. The highest BCUT2D eigenvalue weighted by Gasteiger charge is 2.07. The van der Waals surface area contributed by atoms with E-state index in [1.165, 1.54) is 0 Å². The van der Waals surface area contributed by atoms with Crippen LogP contribution in [0.3, 0.4) is 0 Å². The fraction of sp³-hybridized carbons (Fsp3) is 0.364. The Morgan fingerprint density at radius 2 is 2.21 bits per heavy atom. The van der Waals surface area contributed by atoms with Gasteiger partial charge in [0.1, 0.15) is 5.75 Å². The Morgan fingerprint density at radius 3 is 2.79 bits per heavy atom. The molecule has 1 N–H and O–H groups in total. The van der Waals surface area contributed by atoms with Gasteiger partial charge in [-0.2, -0.15) is 0 Å². The second-order valence-corrected chi connectivity index (χ2v) is 3.13. The van der Waals surface area contributed by atoms with Crippen molar-refractivity contribution in [3.63, 3.8) is 0 Å². The van der Waals surface area contributed by atoms with Crippen LogP contribution in [0.25, 0.3) is 0 Å². The number of carbonyl (C=O) groups is 1. The first kappa shape index (κ1) is 10.6. The summed E-state index contributed by atoms with van der Waals surface area (Å²) in [5.41, 5.74) is 1.06. The standard InChI is InChI=1S/C11H14O3/c1-3-6-14-9-5-4-8(2)10(7-9)11(12)13/h4-5,7H,3,6H2,1-2H3,(H,12,13). The molecule has 0 atom stereocenters. The maximum Gasteiger partial charge on any atom is 0.336 e. The highest BCUT2D eigenvalue weighted by molar-refractivity contribution is 5.89. The van der Waals surface area contributed by atoms with Crippen molar-refractivity contribution in [3.8, 4) is 5.75 Å². The minimum Gasteiger partial charge on any atom is -0.494 e. The van der Waals surface area contributed by atoms with Gasteiger partial charge in [0.15, 0.2) is 0 Å². The number of carboxylic acid groups (broad SMARTS) is 1. The van der Waals surface area contributed by atoms with Crippen molar-refractivity contribution in [3.05, 3.63) is 29.3 Å². The molecular weight excluding hydrogens is 180 g/mol. The van der Waals surface area contributed by atoms with E-state index in [0.717, 1.165) is 12.0 Å². The molecule has 1 aromatic rings. The predicted molar refractivity (Wildman–Crippen MR) is 53.9 cm³/mol. The van der Waals surface area contributed by atoms with E-state index in [-0.39, 0.29) is 0 Å². The van der Waals surface area contributed by atoms with Crippen LogP contribution in [0.1, 0.15) is 29.3 Å². The zero-order chi connectivity index (χ0) is 10.6. The van der Waals surface area contributed by atoms with Gasteiger partial charge in [-0.1, -0.05) is 13.0 Å². The lowest BCUT2D eigenvalue weighted by Gasteiger charge is -2.06. The fourth-order valence-corrected chi connectivity index (χ4v) is 1.14. The number of benzene rings is 1. The predicted octanol–water partition coefficient (Wildman–Crippen LogP) is 2.48. The van der Waals surface area contributed by atoms with E-state index >= 15 is 0 Å². The van der Waals surface area contributed by atoms with E-state index in [9.17, 15) is 4.79 Å². The lowest BCUT2D eigenvalue weighted by atomic mass is 10.1. The van der Waals surface area contributed by atoms with Gasteiger partial charge in [0.2, 0.25) is 0 Å². The van der Waals surface area contributed by atoms with E-state index in [2.05, 4.69) is 0 Å². The van der Waals surface area contributed by atoms with Crippen LogP contribution in [-0.4, -0.2) is 17.7 Å². The molecule has 0 bridgehead atoms. The topological polar surface area (TPSA) is 46.5 Å². The first-order chi connectivity index (χ1) is 6.65. The van der Waals surface area contributed by atoms with Crippen LogP contribution < -0.4 is 4.74 Å².